The van der Waals surface area contributed by atoms with Crippen LogP contribution in [0.5, 0.6) is 0 Å². The Bertz CT molecular complexity index is 459. The summed E-state index contributed by atoms with van der Waals surface area (Å²) >= 11 is 0. The van der Waals surface area contributed by atoms with Gasteiger partial charge >= 0.3 is 0 Å². The van der Waals surface area contributed by atoms with Crippen molar-refractivity contribution < 1.29 is 5.11 Å². The van der Waals surface area contributed by atoms with Crippen LogP contribution in [0.3, 0.4) is 0 Å². The summed E-state index contributed by atoms with van der Waals surface area (Å²) in [7, 11) is 0. The van der Waals surface area contributed by atoms with Gasteiger partial charge in [0.2, 0.25) is 0 Å². The molecule has 2 aliphatic rings. The lowest BCUT2D eigenvalue weighted by Gasteiger charge is -2.61. The molecule has 132 valence electrons. The van der Waals surface area contributed by atoms with E-state index < -0.39 is 5.60 Å². The predicted molar refractivity (Wildman–Crippen MR) is 100 cm³/mol. The Balaban J connectivity index is 2.31. The minimum absolute atomic E-state index is 0.342. The van der Waals surface area contributed by atoms with Crippen LogP contribution in [0, 0.1) is 28.6 Å². The van der Waals surface area contributed by atoms with Crippen molar-refractivity contribution in [3.63, 3.8) is 0 Å². The second kappa shape index (κ2) is 6.39. The Hall–Kier alpha value is -0.560. The first kappa shape index (κ1) is 18.8. The van der Waals surface area contributed by atoms with Crippen molar-refractivity contribution in [2.24, 2.45) is 28.6 Å². The molecule has 0 saturated heterocycles. The molecule has 2 rings (SSSR count). The van der Waals surface area contributed by atoms with Crippen molar-refractivity contribution in [2.45, 2.75) is 85.2 Å². The Kier molecular flexibility index (Phi) is 5.22. The fourth-order valence-corrected chi connectivity index (χ4v) is 6.21. The van der Waals surface area contributed by atoms with E-state index in [0.29, 0.717) is 16.7 Å². The lowest BCUT2D eigenvalue weighted by Crippen LogP contribution is -2.53. The summed E-state index contributed by atoms with van der Waals surface area (Å²) < 4.78 is 0. The fourth-order valence-electron chi connectivity index (χ4n) is 6.21. The lowest BCUT2D eigenvalue weighted by atomic mass is 9.44. The number of allylic oxidation sites excluding steroid dienone is 1. The molecule has 2 saturated carbocycles. The number of rotatable bonds is 5. The van der Waals surface area contributed by atoms with Gasteiger partial charge in [0.15, 0.2) is 0 Å². The minimum atomic E-state index is -0.752. The highest BCUT2D eigenvalue weighted by Gasteiger charge is 2.55. The van der Waals surface area contributed by atoms with Gasteiger partial charge in [0.05, 0.1) is 5.60 Å². The maximum Gasteiger partial charge on any atom is 0.0797 e. The SMILES string of the molecule is C=C[C@@](C)(O)CC[C@H]1C(=C)C[C@H](CC)[C@H]2C(C)(C)CCC[C@]12C. The van der Waals surface area contributed by atoms with Crippen LogP contribution < -0.4 is 0 Å². The molecule has 0 amide bonds. The third-order valence-electron chi connectivity index (χ3n) is 7.28. The maximum atomic E-state index is 10.4. The molecule has 2 fully saturated rings. The Morgan fingerprint density at radius 2 is 1.96 bits per heavy atom. The number of hydrogen-bond donors (Lipinski definition) is 1. The topological polar surface area (TPSA) is 20.2 Å². The largest absolute Gasteiger partial charge is 0.386 e. The van der Waals surface area contributed by atoms with Crippen molar-refractivity contribution in [3.8, 4) is 0 Å². The lowest BCUT2D eigenvalue weighted by molar-refractivity contribution is -0.0917. The highest BCUT2D eigenvalue weighted by Crippen LogP contribution is 2.64. The van der Waals surface area contributed by atoms with Crippen molar-refractivity contribution in [2.75, 3.05) is 0 Å². The van der Waals surface area contributed by atoms with E-state index >= 15 is 0 Å². The molecule has 5 atom stereocenters. The molecule has 0 radical (unpaired) electrons. The van der Waals surface area contributed by atoms with Crippen LogP contribution in [-0.4, -0.2) is 10.7 Å². The van der Waals surface area contributed by atoms with Crippen LogP contribution in [0.4, 0.5) is 0 Å². The van der Waals surface area contributed by atoms with Crippen LogP contribution in [0.2, 0.25) is 0 Å². The molecular weight excluding hydrogens is 280 g/mol. The van der Waals surface area contributed by atoms with Crippen LogP contribution >= 0.6 is 0 Å². The van der Waals surface area contributed by atoms with Crippen molar-refractivity contribution in [1.82, 2.24) is 0 Å². The van der Waals surface area contributed by atoms with Crippen LogP contribution in [0.15, 0.2) is 24.8 Å². The van der Waals surface area contributed by atoms with Gasteiger partial charge < -0.3 is 5.11 Å². The van der Waals surface area contributed by atoms with E-state index in [9.17, 15) is 5.11 Å². The zero-order valence-electron chi connectivity index (χ0n) is 16.1. The summed E-state index contributed by atoms with van der Waals surface area (Å²) in [6.07, 6.45) is 9.97. The molecule has 0 aromatic carbocycles. The van der Waals surface area contributed by atoms with Gasteiger partial charge in [-0.15, -0.1) is 6.58 Å². The van der Waals surface area contributed by atoms with Gasteiger partial charge in [-0.2, -0.15) is 0 Å². The zero-order valence-corrected chi connectivity index (χ0v) is 16.1. The monoisotopic (exact) mass is 318 g/mol. The molecule has 0 heterocycles. The Morgan fingerprint density at radius 3 is 2.52 bits per heavy atom. The molecule has 1 nitrogen and oxygen atoms in total. The molecule has 0 aromatic rings. The first-order chi connectivity index (χ1) is 10.6. The van der Waals surface area contributed by atoms with Crippen LogP contribution in [-0.2, 0) is 0 Å². The maximum absolute atomic E-state index is 10.4. The summed E-state index contributed by atoms with van der Waals surface area (Å²) in [5, 5.41) is 10.4. The number of hydrogen-bond acceptors (Lipinski definition) is 1. The van der Waals surface area contributed by atoms with E-state index in [-0.39, 0.29) is 0 Å². The van der Waals surface area contributed by atoms with Crippen LogP contribution in [0.25, 0.3) is 0 Å². The molecular formula is C22H38O. The van der Waals surface area contributed by atoms with Gasteiger partial charge in [-0.25, -0.2) is 0 Å². The normalized spacial score (nSPS) is 39.4. The summed E-state index contributed by atoms with van der Waals surface area (Å²) in [6, 6.07) is 0. The standard InChI is InChI=1S/C22H38O/c1-8-17-15-16(3)18(11-14-21(6,23)9-2)22(7)13-10-12-20(4,5)19(17)22/h9,17-19,23H,2-3,8,10-15H2,1,4-7H3/t17-,18-,19-,21+,22+/m0/s1. The average molecular weight is 319 g/mol. The quantitative estimate of drug-likeness (QED) is 0.604. The molecule has 0 aliphatic heterocycles. The van der Waals surface area contributed by atoms with Gasteiger partial charge in [0.25, 0.3) is 0 Å². The molecule has 0 unspecified atom stereocenters. The highest BCUT2D eigenvalue weighted by molar-refractivity contribution is 5.18. The summed E-state index contributed by atoms with van der Waals surface area (Å²) in [4.78, 5) is 0. The molecule has 0 bridgehead atoms. The number of fused-ring (bicyclic) bond motifs is 1. The van der Waals surface area contributed by atoms with Crippen molar-refractivity contribution in [1.29, 1.82) is 0 Å². The first-order valence-electron chi connectivity index (χ1n) is 9.61. The van der Waals surface area contributed by atoms with Gasteiger partial charge in [-0.05, 0) is 67.6 Å². The first-order valence-corrected chi connectivity index (χ1v) is 9.61. The molecule has 1 N–H and O–H groups in total. The van der Waals surface area contributed by atoms with E-state index in [1.807, 2.05) is 6.92 Å². The zero-order chi connectivity index (χ0) is 17.5. The Labute approximate surface area is 144 Å². The molecule has 1 heteroatoms. The van der Waals surface area contributed by atoms with Gasteiger partial charge in [0.1, 0.15) is 0 Å². The Morgan fingerprint density at radius 1 is 1.30 bits per heavy atom. The predicted octanol–water partition coefficient (Wildman–Crippen LogP) is 6.14. The van der Waals surface area contributed by atoms with E-state index in [2.05, 4.69) is 40.9 Å². The summed E-state index contributed by atoms with van der Waals surface area (Å²) in [6.45, 7) is 20.0. The van der Waals surface area contributed by atoms with E-state index in [4.69, 9.17) is 0 Å². The third-order valence-corrected chi connectivity index (χ3v) is 7.28. The van der Waals surface area contributed by atoms with Crippen LogP contribution in [0.1, 0.15) is 79.6 Å². The fraction of sp³-hybridized carbons (Fsp3) is 0.818. The van der Waals surface area contributed by atoms with Gasteiger partial charge in [-0.1, -0.05) is 58.8 Å². The van der Waals surface area contributed by atoms with Gasteiger partial charge in [-0.3, -0.25) is 0 Å². The van der Waals surface area contributed by atoms with E-state index in [0.717, 1.165) is 24.7 Å². The van der Waals surface area contributed by atoms with Crippen molar-refractivity contribution in [3.05, 3.63) is 24.8 Å². The second-order valence-electron chi connectivity index (χ2n) is 9.51. The average Bonchev–Trinajstić information content (AvgIpc) is 2.44. The van der Waals surface area contributed by atoms with Crippen molar-refractivity contribution >= 4 is 0 Å². The highest BCUT2D eigenvalue weighted by atomic mass is 16.3. The second-order valence-corrected chi connectivity index (χ2v) is 9.51. The summed E-state index contributed by atoms with van der Waals surface area (Å²) in [5.41, 5.74) is 1.45. The number of aliphatic hydroxyl groups is 1. The van der Waals surface area contributed by atoms with Gasteiger partial charge in [0, 0.05) is 0 Å². The van der Waals surface area contributed by atoms with E-state index in [1.165, 1.54) is 37.7 Å². The summed E-state index contributed by atoms with van der Waals surface area (Å²) in [5.74, 6) is 2.10. The minimum Gasteiger partial charge on any atom is -0.386 e. The smallest absolute Gasteiger partial charge is 0.0797 e. The molecule has 0 aromatic heterocycles. The van der Waals surface area contributed by atoms with E-state index in [1.54, 1.807) is 6.08 Å². The molecule has 23 heavy (non-hydrogen) atoms. The molecule has 2 aliphatic carbocycles. The molecule has 0 spiro atoms. The third kappa shape index (κ3) is 3.45.